The van der Waals surface area contributed by atoms with E-state index in [0.29, 0.717) is 16.0 Å². The van der Waals surface area contributed by atoms with E-state index in [1.54, 1.807) is 12.1 Å². The lowest BCUT2D eigenvalue weighted by molar-refractivity contribution is 0.682. The number of halogens is 1. The van der Waals surface area contributed by atoms with Gasteiger partial charge in [-0.1, -0.05) is 43.9 Å². The van der Waals surface area contributed by atoms with Crippen molar-refractivity contribution in [2.45, 2.75) is 39.0 Å². The first-order valence-corrected chi connectivity index (χ1v) is 7.30. The number of nitrogens with zero attached hydrogens (tertiary/aromatic N) is 1. The topological polar surface area (TPSA) is 50.4 Å². The fourth-order valence-electron chi connectivity index (χ4n) is 1.64. The molecule has 0 unspecified atom stereocenters. The third kappa shape index (κ3) is 7.13. The van der Waals surface area contributed by atoms with Gasteiger partial charge in [-0.05, 0) is 36.8 Å². The lowest BCUT2D eigenvalue weighted by atomic mass is 10.1. The van der Waals surface area contributed by atoms with Crippen molar-refractivity contribution in [3.05, 3.63) is 29.3 Å². The molecule has 0 heterocycles. The Bertz CT molecular complexity index is 446. The second-order valence-corrected chi connectivity index (χ2v) is 5.18. The summed E-state index contributed by atoms with van der Waals surface area (Å²) in [6.07, 6.45) is 5.48. The molecule has 19 heavy (non-hydrogen) atoms. The number of unbranched alkanes of at least 4 members (excludes halogenated alkanes) is 3. The maximum atomic E-state index is 5.89. The Kier molecular flexibility index (Phi) is 7.45. The second kappa shape index (κ2) is 8.88. The minimum atomic E-state index is 0.371. The monoisotopic (exact) mass is 297 g/mol. The molecule has 0 bridgehead atoms. The van der Waals surface area contributed by atoms with Crippen molar-refractivity contribution in [1.29, 1.82) is 0 Å². The van der Waals surface area contributed by atoms with Crippen LogP contribution in [0.2, 0.25) is 5.02 Å². The summed E-state index contributed by atoms with van der Waals surface area (Å²) in [4.78, 5) is 4.17. The number of hydrogen-bond acceptors (Lipinski definition) is 1. The zero-order valence-electron chi connectivity index (χ0n) is 11.2. The van der Waals surface area contributed by atoms with Crippen LogP contribution >= 0.6 is 23.8 Å². The number of nitrogens with one attached hydrogen (secondary N) is 1. The number of amidine groups is 1. The molecule has 0 aromatic heterocycles. The largest absolute Gasteiger partial charge is 0.387 e. The zero-order valence-corrected chi connectivity index (χ0v) is 12.7. The SMILES string of the molecule is CCCCCCC(N)=NC(=S)Nc1cccc(Cl)c1. The van der Waals surface area contributed by atoms with E-state index in [9.17, 15) is 0 Å². The lowest BCUT2D eigenvalue weighted by Crippen LogP contribution is -2.16. The molecule has 3 N–H and O–H groups in total. The van der Waals surface area contributed by atoms with Crippen LogP contribution in [0.4, 0.5) is 5.69 Å². The number of rotatable bonds is 6. The summed E-state index contributed by atoms with van der Waals surface area (Å²) in [5, 5.41) is 4.02. The first-order valence-electron chi connectivity index (χ1n) is 6.51. The highest BCUT2D eigenvalue weighted by Crippen LogP contribution is 2.15. The van der Waals surface area contributed by atoms with Gasteiger partial charge < -0.3 is 11.1 Å². The van der Waals surface area contributed by atoms with E-state index in [1.807, 2.05) is 12.1 Å². The molecule has 0 atom stereocenters. The normalized spacial score (nSPS) is 11.4. The van der Waals surface area contributed by atoms with Crippen LogP contribution in [0, 0.1) is 0 Å². The molecule has 1 aromatic rings. The Morgan fingerprint density at radius 1 is 1.37 bits per heavy atom. The molecule has 0 saturated carbocycles. The third-order valence-corrected chi connectivity index (χ3v) is 3.04. The van der Waals surface area contributed by atoms with Gasteiger partial charge in [0.1, 0.15) is 5.84 Å². The van der Waals surface area contributed by atoms with Gasteiger partial charge >= 0.3 is 0 Å². The van der Waals surface area contributed by atoms with Crippen LogP contribution in [0.5, 0.6) is 0 Å². The van der Waals surface area contributed by atoms with Crippen molar-refractivity contribution in [3.8, 4) is 0 Å². The Labute approximate surface area is 125 Å². The number of hydrogen-bond donors (Lipinski definition) is 2. The summed E-state index contributed by atoms with van der Waals surface area (Å²) >= 11 is 11.0. The first kappa shape index (κ1) is 15.9. The van der Waals surface area contributed by atoms with E-state index in [0.717, 1.165) is 18.5 Å². The molecular weight excluding hydrogens is 278 g/mol. The van der Waals surface area contributed by atoms with Crippen LogP contribution in [0.15, 0.2) is 29.3 Å². The van der Waals surface area contributed by atoms with Gasteiger partial charge in [0.15, 0.2) is 5.11 Å². The molecule has 0 fully saturated rings. The minimum Gasteiger partial charge on any atom is -0.387 e. The molecule has 104 valence electrons. The van der Waals surface area contributed by atoms with Crippen molar-refractivity contribution in [3.63, 3.8) is 0 Å². The molecule has 3 nitrogen and oxygen atoms in total. The highest BCUT2D eigenvalue weighted by molar-refractivity contribution is 7.80. The zero-order chi connectivity index (χ0) is 14.1. The van der Waals surface area contributed by atoms with Crippen LogP contribution < -0.4 is 11.1 Å². The summed E-state index contributed by atoms with van der Waals surface area (Å²) in [5.41, 5.74) is 6.66. The second-order valence-electron chi connectivity index (χ2n) is 4.35. The van der Waals surface area contributed by atoms with Gasteiger partial charge in [-0.3, -0.25) is 0 Å². The molecule has 5 heteroatoms. The molecule has 1 aromatic carbocycles. The highest BCUT2D eigenvalue weighted by atomic mass is 35.5. The standard InChI is InChI=1S/C14H20ClN3S/c1-2-3-4-5-9-13(16)18-14(19)17-12-8-6-7-11(15)10-12/h6-8,10H,2-5,9H2,1H3,(H3,16,17,18,19). The fourth-order valence-corrected chi connectivity index (χ4v) is 2.06. The number of nitrogens with two attached hydrogens (primary N) is 1. The van der Waals surface area contributed by atoms with Crippen LogP contribution in [0.25, 0.3) is 0 Å². The van der Waals surface area contributed by atoms with Crippen LogP contribution in [-0.2, 0) is 0 Å². The molecular formula is C14H20ClN3S. The molecule has 0 saturated heterocycles. The molecule has 1 rings (SSSR count). The third-order valence-electron chi connectivity index (χ3n) is 2.61. The van der Waals surface area contributed by atoms with Gasteiger partial charge in [0.2, 0.25) is 0 Å². The quantitative estimate of drug-likeness (QED) is 0.355. The maximum Gasteiger partial charge on any atom is 0.198 e. The molecule has 0 aliphatic carbocycles. The Balaban J connectivity index is 2.40. The summed E-state index contributed by atoms with van der Waals surface area (Å²) in [6.45, 7) is 2.18. The van der Waals surface area contributed by atoms with E-state index in [2.05, 4.69) is 17.2 Å². The number of benzene rings is 1. The molecule has 0 spiro atoms. The fraction of sp³-hybridized carbons (Fsp3) is 0.429. The first-order chi connectivity index (χ1) is 9.11. The van der Waals surface area contributed by atoms with Gasteiger partial charge in [0, 0.05) is 17.1 Å². The average Bonchev–Trinajstić information content (AvgIpc) is 2.34. The predicted octanol–water partition coefficient (Wildman–Crippen LogP) is 4.36. The molecule has 0 aliphatic rings. The molecule has 0 amide bonds. The Hall–Kier alpha value is -1.13. The van der Waals surface area contributed by atoms with Gasteiger partial charge in [0.05, 0.1) is 0 Å². The molecule has 0 aliphatic heterocycles. The van der Waals surface area contributed by atoms with Gasteiger partial charge in [-0.25, -0.2) is 4.99 Å². The van der Waals surface area contributed by atoms with Crippen LogP contribution in [0.1, 0.15) is 39.0 Å². The summed E-state index contributed by atoms with van der Waals surface area (Å²) in [7, 11) is 0. The maximum absolute atomic E-state index is 5.89. The van der Waals surface area contributed by atoms with Crippen molar-refractivity contribution in [2.24, 2.45) is 10.7 Å². The van der Waals surface area contributed by atoms with Crippen LogP contribution in [0.3, 0.4) is 0 Å². The van der Waals surface area contributed by atoms with E-state index in [-0.39, 0.29) is 0 Å². The minimum absolute atomic E-state index is 0.371. The number of anilines is 1. The lowest BCUT2D eigenvalue weighted by Gasteiger charge is -2.05. The van der Waals surface area contributed by atoms with Gasteiger partial charge in [-0.15, -0.1) is 0 Å². The van der Waals surface area contributed by atoms with Crippen molar-refractivity contribution in [1.82, 2.24) is 0 Å². The number of thiocarbonyl (C=S) groups is 1. The van der Waals surface area contributed by atoms with E-state index >= 15 is 0 Å². The predicted molar refractivity (Wildman–Crippen MR) is 88.1 cm³/mol. The van der Waals surface area contributed by atoms with Gasteiger partial charge in [-0.2, -0.15) is 0 Å². The van der Waals surface area contributed by atoms with E-state index < -0.39 is 0 Å². The van der Waals surface area contributed by atoms with Crippen molar-refractivity contribution >= 4 is 40.5 Å². The molecule has 0 radical (unpaired) electrons. The van der Waals surface area contributed by atoms with Crippen LogP contribution in [-0.4, -0.2) is 10.9 Å². The van der Waals surface area contributed by atoms with Gasteiger partial charge in [0.25, 0.3) is 0 Å². The van der Waals surface area contributed by atoms with Crippen molar-refractivity contribution in [2.75, 3.05) is 5.32 Å². The number of aliphatic imine (C=N–C) groups is 1. The Morgan fingerprint density at radius 3 is 2.84 bits per heavy atom. The summed E-state index contributed by atoms with van der Waals surface area (Å²) in [6, 6.07) is 7.33. The van der Waals surface area contributed by atoms with E-state index in [4.69, 9.17) is 29.6 Å². The van der Waals surface area contributed by atoms with E-state index in [1.165, 1.54) is 19.3 Å². The van der Waals surface area contributed by atoms with Crippen molar-refractivity contribution < 1.29 is 0 Å². The summed E-state index contributed by atoms with van der Waals surface area (Å²) in [5.74, 6) is 0.579. The average molecular weight is 298 g/mol. The highest BCUT2D eigenvalue weighted by Gasteiger charge is 1.99. The Morgan fingerprint density at radius 2 is 2.16 bits per heavy atom. The smallest absolute Gasteiger partial charge is 0.198 e. The summed E-state index contributed by atoms with van der Waals surface area (Å²) < 4.78 is 0.